The van der Waals surface area contributed by atoms with E-state index in [1.54, 1.807) is 0 Å². The van der Waals surface area contributed by atoms with Gasteiger partial charge >= 0.3 is 0 Å². The van der Waals surface area contributed by atoms with Gasteiger partial charge in [-0.3, -0.25) is 4.98 Å². The molecule has 0 aliphatic rings. The average Bonchev–Trinajstić information content (AvgIpc) is 2.65. The molecule has 0 atom stereocenters. The quantitative estimate of drug-likeness (QED) is 0.432. The summed E-state index contributed by atoms with van der Waals surface area (Å²) in [6.07, 6.45) is 3.11. The summed E-state index contributed by atoms with van der Waals surface area (Å²) in [5, 5.41) is 2.38. The monoisotopic (exact) mass is 330 g/mol. The maximum Gasteiger partial charge on any atom is 0.0736 e. The Balaban J connectivity index is 1.93. The van der Waals surface area contributed by atoms with Gasteiger partial charge in [0.2, 0.25) is 0 Å². The molecule has 0 spiro atoms. The van der Waals surface area contributed by atoms with E-state index in [9.17, 15) is 0 Å². The molecule has 0 N–H and O–H groups in total. The summed E-state index contributed by atoms with van der Waals surface area (Å²) in [6.45, 7) is 2.21. The Labute approximate surface area is 146 Å². The zero-order valence-corrected chi connectivity index (χ0v) is 14.4. The first-order valence-electron chi connectivity index (χ1n) is 8.23. The van der Waals surface area contributed by atoms with Gasteiger partial charge in [-0.15, -0.1) is 11.8 Å². The Bertz CT molecular complexity index is 1010. The van der Waals surface area contributed by atoms with E-state index < -0.39 is 0 Å². The van der Waals surface area contributed by atoms with Gasteiger partial charge in [-0.25, -0.2) is 4.98 Å². The lowest BCUT2D eigenvalue weighted by Crippen LogP contribution is -1.92. The Hall–Kier alpha value is -2.39. The molecule has 0 aliphatic carbocycles. The first kappa shape index (κ1) is 15.2. The Morgan fingerprint density at radius 3 is 2.54 bits per heavy atom. The van der Waals surface area contributed by atoms with Crippen LogP contribution in [0.2, 0.25) is 0 Å². The minimum absolute atomic E-state index is 0.991. The van der Waals surface area contributed by atoms with Crippen LogP contribution in [0, 0.1) is 0 Å². The molecule has 2 aromatic heterocycles. The van der Waals surface area contributed by atoms with Crippen molar-refractivity contribution < 1.29 is 0 Å². The molecule has 0 fully saturated rings. The van der Waals surface area contributed by atoms with Crippen LogP contribution in [0.15, 0.2) is 71.8 Å². The summed E-state index contributed by atoms with van der Waals surface area (Å²) in [6, 6.07) is 20.8. The zero-order chi connectivity index (χ0) is 16.4. The van der Waals surface area contributed by atoms with Crippen molar-refractivity contribution in [2.75, 3.05) is 5.75 Å². The molecule has 2 nitrogen and oxygen atoms in total. The summed E-state index contributed by atoms with van der Waals surface area (Å²) >= 11 is 1.90. The lowest BCUT2D eigenvalue weighted by atomic mass is 10.1. The summed E-state index contributed by atoms with van der Waals surface area (Å²) in [5.74, 6) is 1.09. The molecular formula is C21H18N2S. The molecule has 2 heterocycles. The van der Waals surface area contributed by atoms with E-state index in [1.807, 2.05) is 36.2 Å². The van der Waals surface area contributed by atoms with E-state index >= 15 is 0 Å². The van der Waals surface area contributed by atoms with Crippen LogP contribution in [0.25, 0.3) is 33.1 Å². The Morgan fingerprint density at radius 1 is 0.875 bits per heavy atom. The molecule has 4 aromatic rings. The number of rotatable bonds is 4. The molecular weight excluding hydrogens is 312 g/mol. The predicted octanol–water partition coefficient (Wildman–Crippen LogP) is 5.95. The van der Waals surface area contributed by atoms with Crippen LogP contribution in [-0.2, 0) is 0 Å². The molecule has 0 saturated carbocycles. The topological polar surface area (TPSA) is 25.8 Å². The smallest absolute Gasteiger partial charge is 0.0736 e. The summed E-state index contributed by atoms with van der Waals surface area (Å²) in [7, 11) is 0. The van der Waals surface area contributed by atoms with E-state index in [1.165, 1.54) is 10.3 Å². The van der Waals surface area contributed by atoms with Crippen molar-refractivity contribution >= 4 is 33.6 Å². The number of para-hydroxylation sites is 2. The number of fused-ring (bicyclic) bond motifs is 2. The highest BCUT2D eigenvalue weighted by Crippen LogP contribution is 2.36. The minimum Gasteiger partial charge on any atom is -0.255 e. The largest absolute Gasteiger partial charge is 0.255 e. The van der Waals surface area contributed by atoms with Crippen LogP contribution < -0.4 is 0 Å². The predicted molar refractivity (Wildman–Crippen MR) is 103 cm³/mol. The number of pyridine rings is 2. The van der Waals surface area contributed by atoms with Crippen LogP contribution in [0.3, 0.4) is 0 Å². The van der Waals surface area contributed by atoms with Gasteiger partial charge in [0.1, 0.15) is 0 Å². The van der Waals surface area contributed by atoms with Gasteiger partial charge in [-0.1, -0.05) is 49.4 Å². The molecule has 0 radical (unpaired) electrons. The second kappa shape index (κ2) is 6.62. The highest BCUT2D eigenvalue weighted by molar-refractivity contribution is 7.99. The number of thioether (sulfide) groups is 1. The van der Waals surface area contributed by atoms with Crippen molar-refractivity contribution in [3.63, 3.8) is 0 Å². The van der Waals surface area contributed by atoms with Gasteiger partial charge in [0, 0.05) is 27.4 Å². The van der Waals surface area contributed by atoms with Gasteiger partial charge in [-0.05, 0) is 30.4 Å². The number of aromatic nitrogens is 2. The maximum atomic E-state index is 4.87. The average molecular weight is 330 g/mol. The number of nitrogens with zero attached hydrogens (tertiary/aromatic N) is 2. The molecule has 4 rings (SSSR count). The molecule has 0 bridgehead atoms. The normalized spacial score (nSPS) is 11.2. The first-order valence-corrected chi connectivity index (χ1v) is 9.22. The van der Waals surface area contributed by atoms with E-state index in [-0.39, 0.29) is 0 Å². The molecule has 3 heteroatoms. The van der Waals surface area contributed by atoms with Gasteiger partial charge in [-0.2, -0.15) is 0 Å². The lowest BCUT2D eigenvalue weighted by Gasteiger charge is -2.12. The first-order chi connectivity index (χ1) is 11.9. The van der Waals surface area contributed by atoms with Crippen LogP contribution in [0.4, 0.5) is 0 Å². The van der Waals surface area contributed by atoms with Crippen molar-refractivity contribution in [3.05, 3.63) is 66.9 Å². The highest BCUT2D eigenvalue weighted by atomic mass is 32.2. The van der Waals surface area contributed by atoms with Crippen molar-refractivity contribution in [1.82, 2.24) is 9.97 Å². The van der Waals surface area contributed by atoms with Gasteiger partial charge in [0.05, 0.1) is 16.7 Å². The third kappa shape index (κ3) is 2.76. The van der Waals surface area contributed by atoms with E-state index in [2.05, 4.69) is 54.4 Å². The van der Waals surface area contributed by atoms with Crippen LogP contribution in [-0.4, -0.2) is 15.7 Å². The summed E-state index contributed by atoms with van der Waals surface area (Å²) in [5.41, 5.74) is 4.18. The van der Waals surface area contributed by atoms with Gasteiger partial charge in [0.15, 0.2) is 0 Å². The number of hydrogen-bond donors (Lipinski definition) is 0. The van der Waals surface area contributed by atoms with E-state index in [4.69, 9.17) is 4.98 Å². The molecule has 0 amide bonds. The molecule has 24 heavy (non-hydrogen) atoms. The molecule has 0 unspecified atom stereocenters. The van der Waals surface area contributed by atoms with Crippen molar-refractivity contribution in [2.45, 2.75) is 18.2 Å². The van der Waals surface area contributed by atoms with Gasteiger partial charge < -0.3 is 0 Å². The maximum absolute atomic E-state index is 4.87. The van der Waals surface area contributed by atoms with Crippen LogP contribution in [0.1, 0.15) is 13.3 Å². The fourth-order valence-electron chi connectivity index (χ4n) is 2.87. The van der Waals surface area contributed by atoms with Crippen molar-refractivity contribution in [2.24, 2.45) is 0 Å². The lowest BCUT2D eigenvalue weighted by molar-refractivity contribution is 1.10. The van der Waals surface area contributed by atoms with Crippen molar-refractivity contribution in [3.8, 4) is 11.3 Å². The number of benzene rings is 2. The zero-order valence-electron chi connectivity index (χ0n) is 13.6. The van der Waals surface area contributed by atoms with E-state index in [0.29, 0.717) is 0 Å². The third-order valence-electron chi connectivity index (χ3n) is 4.05. The molecule has 2 aromatic carbocycles. The molecule has 0 aliphatic heterocycles. The van der Waals surface area contributed by atoms with Gasteiger partial charge in [0.25, 0.3) is 0 Å². The highest BCUT2D eigenvalue weighted by Gasteiger charge is 2.12. The Kier molecular flexibility index (Phi) is 4.18. The second-order valence-corrected chi connectivity index (χ2v) is 6.86. The standard InChI is InChI=1S/C21H18N2S/c1-2-13-24-21-16-8-4-6-10-19(16)22-14-17(21)20-12-11-15-7-3-5-9-18(15)23-20/h3-12,14H,2,13H2,1H3. The fraction of sp³-hybridized carbons (Fsp3) is 0.143. The fourth-order valence-corrected chi connectivity index (χ4v) is 3.92. The number of hydrogen-bond acceptors (Lipinski definition) is 3. The second-order valence-electron chi connectivity index (χ2n) is 5.76. The minimum atomic E-state index is 0.991. The summed E-state index contributed by atoms with van der Waals surface area (Å²) in [4.78, 5) is 10.8. The molecule has 118 valence electrons. The van der Waals surface area contributed by atoms with Crippen molar-refractivity contribution in [1.29, 1.82) is 0 Å². The SMILES string of the molecule is CCCSc1c(-c2ccc3ccccc3n2)cnc2ccccc12. The van der Waals surface area contributed by atoms with E-state index in [0.717, 1.165) is 39.9 Å². The Morgan fingerprint density at radius 2 is 1.67 bits per heavy atom. The van der Waals surface area contributed by atoms with Crippen LogP contribution in [0.5, 0.6) is 0 Å². The summed E-state index contributed by atoms with van der Waals surface area (Å²) < 4.78 is 0. The third-order valence-corrected chi connectivity index (χ3v) is 5.39. The van der Waals surface area contributed by atoms with Crippen LogP contribution >= 0.6 is 11.8 Å². The molecule has 0 saturated heterocycles.